The standard InChI is InChI=1S/C15H25N3O3/c1-4-20-15(19)13(7-16)8-17-9-14-11-18(5-6-21-14)10-12(2)3/h8,12-14H,4-6,9-11H2,1-3H3/t13-,14+/m1/s1. The summed E-state index contributed by atoms with van der Waals surface area (Å²) in [6.07, 6.45) is 1.39. The van der Waals surface area contributed by atoms with Gasteiger partial charge in [0.25, 0.3) is 0 Å². The zero-order valence-electron chi connectivity index (χ0n) is 13.1. The van der Waals surface area contributed by atoms with E-state index in [0.717, 1.165) is 19.6 Å². The van der Waals surface area contributed by atoms with Crippen molar-refractivity contribution < 1.29 is 14.3 Å². The lowest BCUT2D eigenvalue weighted by Crippen LogP contribution is -2.45. The molecule has 0 bridgehead atoms. The van der Waals surface area contributed by atoms with Crippen LogP contribution in [-0.4, -0.2) is 62.6 Å². The molecule has 0 radical (unpaired) electrons. The first kappa shape index (κ1) is 17.6. The molecule has 1 aliphatic rings. The quantitative estimate of drug-likeness (QED) is 0.519. The minimum Gasteiger partial charge on any atom is -0.465 e. The van der Waals surface area contributed by atoms with Crippen LogP contribution in [0.4, 0.5) is 0 Å². The third kappa shape index (κ3) is 6.69. The number of morpholine rings is 1. The number of aliphatic imine (C=N–C) groups is 1. The predicted molar refractivity (Wildman–Crippen MR) is 80.1 cm³/mol. The molecule has 0 N–H and O–H groups in total. The number of carbonyl (C=O) groups excluding carboxylic acids is 1. The first-order valence-corrected chi connectivity index (χ1v) is 7.47. The van der Waals surface area contributed by atoms with E-state index in [4.69, 9.17) is 14.7 Å². The van der Waals surface area contributed by atoms with Crippen LogP contribution < -0.4 is 0 Å². The van der Waals surface area contributed by atoms with E-state index >= 15 is 0 Å². The summed E-state index contributed by atoms with van der Waals surface area (Å²) in [6.45, 7) is 10.4. The summed E-state index contributed by atoms with van der Waals surface area (Å²) < 4.78 is 10.5. The lowest BCUT2D eigenvalue weighted by atomic mass is 10.1. The number of hydrogen-bond acceptors (Lipinski definition) is 6. The van der Waals surface area contributed by atoms with E-state index in [1.807, 2.05) is 6.07 Å². The van der Waals surface area contributed by atoms with Gasteiger partial charge in [0, 0.05) is 25.8 Å². The molecule has 0 aromatic heterocycles. The van der Waals surface area contributed by atoms with Crippen LogP contribution >= 0.6 is 0 Å². The number of nitrogens with zero attached hydrogens (tertiary/aromatic N) is 3. The molecule has 1 aliphatic heterocycles. The maximum Gasteiger partial charge on any atom is 0.328 e. The second-order valence-corrected chi connectivity index (χ2v) is 5.52. The largest absolute Gasteiger partial charge is 0.465 e. The molecule has 118 valence electrons. The minimum absolute atomic E-state index is 0.0234. The lowest BCUT2D eigenvalue weighted by molar-refractivity contribution is -0.143. The molecular formula is C15H25N3O3. The summed E-state index contributed by atoms with van der Waals surface area (Å²) in [7, 11) is 0. The molecule has 0 aliphatic carbocycles. The summed E-state index contributed by atoms with van der Waals surface area (Å²) in [5.74, 6) is -0.853. The molecule has 0 spiro atoms. The number of esters is 1. The highest BCUT2D eigenvalue weighted by atomic mass is 16.5. The highest BCUT2D eigenvalue weighted by Gasteiger charge is 2.21. The van der Waals surface area contributed by atoms with Gasteiger partial charge in [-0.25, -0.2) is 0 Å². The molecule has 0 unspecified atom stereocenters. The van der Waals surface area contributed by atoms with Gasteiger partial charge in [-0.3, -0.25) is 14.7 Å². The van der Waals surface area contributed by atoms with Crippen molar-refractivity contribution in [3.8, 4) is 6.07 Å². The first-order chi connectivity index (χ1) is 10.1. The predicted octanol–water partition coefficient (Wildman–Crippen LogP) is 1.12. The number of ether oxygens (including phenoxy) is 2. The van der Waals surface area contributed by atoms with E-state index in [0.29, 0.717) is 19.1 Å². The second kappa shape index (κ2) is 9.48. The summed E-state index contributed by atoms with van der Waals surface area (Å²) in [5, 5.41) is 8.92. The molecule has 6 nitrogen and oxygen atoms in total. The molecule has 1 fully saturated rings. The van der Waals surface area contributed by atoms with Gasteiger partial charge in [0.2, 0.25) is 0 Å². The summed E-state index contributed by atoms with van der Waals surface area (Å²) in [4.78, 5) is 18.0. The molecule has 1 saturated heterocycles. The topological polar surface area (TPSA) is 74.9 Å². The fourth-order valence-corrected chi connectivity index (χ4v) is 2.24. The second-order valence-electron chi connectivity index (χ2n) is 5.52. The number of hydrogen-bond donors (Lipinski definition) is 0. The van der Waals surface area contributed by atoms with Crippen molar-refractivity contribution >= 4 is 12.2 Å². The van der Waals surface area contributed by atoms with Crippen LogP contribution in [0.5, 0.6) is 0 Å². The molecule has 0 saturated carbocycles. The Balaban J connectivity index is 2.41. The van der Waals surface area contributed by atoms with Crippen LogP contribution in [0.15, 0.2) is 4.99 Å². The van der Waals surface area contributed by atoms with Crippen molar-refractivity contribution in [2.75, 3.05) is 39.4 Å². The molecule has 6 heteroatoms. The van der Waals surface area contributed by atoms with Crippen LogP contribution in [0.3, 0.4) is 0 Å². The van der Waals surface area contributed by atoms with Crippen molar-refractivity contribution in [2.45, 2.75) is 26.9 Å². The van der Waals surface area contributed by atoms with Crippen molar-refractivity contribution in [3.05, 3.63) is 0 Å². The van der Waals surface area contributed by atoms with E-state index < -0.39 is 11.9 Å². The van der Waals surface area contributed by atoms with Crippen LogP contribution in [0, 0.1) is 23.2 Å². The van der Waals surface area contributed by atoms with Crippen molar-refractivity contribution in [1.29, 1.82) is 5.26 Å². The van der Waals surface area contributed by atoms with Gasteiger partial charge < -0.3 is 9.47 Å². The average Bonchev–Trinajstić information content (AvgIpc) is 2.43. The number of rotatable bonds is 7. The van der Waals surface area contributed by atoms with Gasteiger partial charge in [0.15, 0.2) is 5.92 Å². The van der Waals surface area contributed by atoms with E-state index in [-0.39, 0.29) is 12.7 Å². The van der Waals surface area contributed by atoms with Gasteiger partial charge >= 0.3 is 5.97 Å². The van der Waals surface area contributed by atoms with E-state index in [9.17, 15) is 4.79 Å². The third-order valence-corrected chi connectivity index (χ3v) is 3.09. The molecule has 0 aromatic carbocycles. The van der Waals surface area contributed by atoms with Crippen molar-refractivity contribution in [1.82, 2.24) is 4.90 Å². The van der Waals surface area contributed by atoms with Crippen LogP contribution in [0.2, 0.25) is 0 Å². The summed E-state index contributed by atoms with van der Waals surface area (Å²) >= 11 is 0. The molecular weight excluding hydrogens is 270 g/mol. The van der Waals surface area contributed by atoms with Gasteiger partial charge in [0.05, 0.1) is 31.9 Å². The normalized spacial score (nSPS) is 21.4. The lowest BCUT2D eigenvalue weighted by Gasteiger charge is -2.33. The zero-order chi connectivity index (χ0) is 15.7. The first-order valence-electron chi connectivity index (χ1n) is 7.47. The SMILES string of the molecule is CCOC(=O)[C@H](C#N)C=NC[C@H]1CN(CC(C)C)CCO1. The highest BCUT2D eigenvalue weighted by molar-refractivity contribution is 5.92. The fourth-order valence-electron chi connectivity index (χ4n) is 2.24. The molecule has 21 heavy (non-hydrogen) atoms. The fraction of sp³-hybridized carbons (Fsp3) is 0.800. The Morgan fingerprint density at radius 1 is 1.62 bits per heavy atom. The van der Waals surface area contributed by atoms with E-state index in [1.165, 1.54) is 6.21 Å². The molecule has 0 amide bonds. The Morgan fingerprint density at radius 2 is 2.38 bits per heavy atom. The molecule has 1 rings (SSSR count). The number of carbonyl (C=O) groups is 1. The summed E-state index contributed by atoms with van der Waals surface area (Å²) in [5.41, 5.74) is 0. The minimum atomic E-state index is -0.930. The smallest absolute Gasteiger partial charge is 0.328 e. The molecule has 0 aromatic rings. The maximum absolute atomic E-state index is 11.5. The van der Waals surface area contributed by atoms with Gasteiger partial charge in [-0.15, -0.1) is 0 Å². The van der Waals surface area contributed by atoms with Gasteiger partial charge in [-0.2, -0.15) is 5.26 Å². The monoisotopic (exact) mass is 295 g/mol. The van der Waals surface area contributed by atoms with Gasteiger partial charge in [-0.05, 0) is 12.8 Å². The Kier molecular flexibility index (Phi) is 7.95. The number of nitriles is 1. The Labute approximate surface area is 126 Å². The van der Waals surface area contributed by atoms with Crippen LogP contribution in [0.1, 0.15) is 20.8 Å². The van der Waals surface area contributed by atoms with Crippen LogP contribution in [0.25, 0.3) is 0 Å². The van der Waals surface area contributed by atoms with E-state index in [1.54, 1.807) is 6.92 Å². The molecule has 1 heterocycles. The maximum atomic E-state index is 11.5. The van der Waals surface area contributed by atoms with Crippen molar-refractivity contribution in [2.24, 2.45) is 16.8 Å². The Bertz CT molecular complexity index is 390. The zero-order valence-corrected chi connectivity index (χ0v) is 13.1. The highest BCUT2D eigenvalue weighted by Crippen LogP contribution is 2.08. The van der Waals surface area contributed by atoms with Crippen molar-refractivity contribution in [3.63, 3.8) is 0 Å². The van der Waals surface area contributed by atoms with E-state index in [2.05, 4.69) is 23.7 Å². The third-order valence-electron chi connectivity index (χ3n) is 3.09. The van der Waals surface area contributed by atoms with Gasteiger partial charge in [-0.1, -0.05) is 13.8 Å². The summed E-state index contributed by atoms with van der Waals surface area (Å²) in [6, 6.07) is 1.88. The molecule has 2 atom stereocenters. The Hall–Kier alpha value is -1.45. The average molecular weight is 295 g/mol. The van der Waals surface area contributed by atoms with Gasteiger partial charge in [0.1, 0.15) is 0 Å². The van der Waals surface area contributed by atoms with Crippen LogP contribution in [-0.2, 0) is 14.3 Å². The Morgan fingerprint density at radius 3 is 3.00 bits per heavy atom.